The predicted molar refractivity (Wildman–Crippen MR) is 89.5 cm³/mol. The molecule has 6 heteroatoms. The van der Waals surface area contributed by atoms with Gasteiger partial charge in [-0.05, 0) is 31.7 Å². The summed E-state index contributed by atoms with van der Waals surface area (Å²) in [6.07, 6.45) is 3.17. The molecular weight excluding hydrogens is 304 g/mol. The zero-order valence-electron chi connectivity index (χ0n) is 13.7. The van der Waals surface area contributed by atoms with Crippen molar-refractivity contribution in [2.24, 2.45) is 0 Å². The first-order valence-electron chi connectivity index (χ1n) is 8.40. The average molecular weight is 324 g/mol. The van der Waals surface area contributed by atoms with Crippen LogP contribution < -0.4 is 4.90 Å². The van der Waals surface area contributed by atoms with E-state index in [1.165, 1.54) is 4.90 Å². The van der Waals surface area contributed by atoms with Crippen LogP contribution in [-0.4, -0.2) is 32.7 Å². The maximum Gasteiger partial charge on any atom is 0.333 e. The highest BCUT2D eigenvalue weighted by molar-refractivity contribution is 6.20. The Hall–Kier alpha value is -2.63. The highest BCUT2D eigenvalue weighted by Gasteiger charge is 2.44. The minimum Gasteiger partial charge on any atom is -0.308 e. The lowest BCUT2D eigenvalue weighted by Gasteiger charge is -2.18. The Balaban J connectivity index is 1.61. The number of carbonyl (C=O) groups excluding carboxylic acids is 2. The first kappa shape index (κ1) is 14.9. The van der Waals surface area contributed by atoms with Gasteiger partial charge in [0.15, 0.2) is 5.82 Å². The highest BCUT2D eigenvalue weighted by Crippen LogP contribution is 2.28. The fourth-order valence-electron chi connectivity index (χ4n) is 3.42. The largest absolute Gasteiger partial charge is 0.333 e. The summed E-state index contributed by atoms with van der Waals surface area (Å²) in [5, 5.41) is 4.48. The van der Waals surface area contributed by atoms with Crippen LogP contribution in [-0.2, 0) is 24.3 Å². The molecule has 0 saturated carbocycles. The van der Waals surface area contributed by atoms with Crippen LogP contribution >= 0.6 is 0 Å². The van der Waals surface area contributed by atoms with Crippen molar-refractivity contribution < 1.29 is 9.59 Å². The Morgan fingerprint density at radius 1 is 1.17 bits per heavy atom. The molecule has 2 aromatic rings. The quantitative estimate of drug-likeness (QED) is 0.815. The zero-order valence-corrected chi connectivity index (χ0v) is 13.7. The molecule has 4 rings (SSSR count). The molecule has 0 N–H and O–H groups in total. The molecule has 1 fully saturated rings. The summed E-state index contributed by atoms with van der Waals surface area (Å²) in [5.74, 6) is 0.260. The van der Waals surface area contributed by atoms with Crippen molar-refractivity contribution in [3.63, 3.8) is 0 Å². The van der Waals surface area contributed by atoms with Crippen molar-refractivity contribution in [1.82, 2.24) is 14.7 Å². The normalized spacial score (nSPS) is 20.6. The summed E-state index contributed by atoms with van der Waals surface area (Å²) in [7, 11) is 0. The van der Waals surface area contributed by atoms with Crippen LogP contribution in [0, 0.1) is 0 Å². The van der Waals surface area contributed by atoms with E-state index < -0.39 is 6.04 Å². The fourth-order valence-corrected chi connectivity index (χ4v) is 3.42. The molecule has 1 saturated heterocycles. The molecule has 1 atom stereocenters. The molecule has 6 nitrogen and oxygen atoms in total. The minimum absolute atomic E-state index is 0.202. The second-order valence-corrected chi connectivity index (χ2v) is 6.42. The van der Waals surface area contributed by atoms with E-state index in [0.717, 1.165) is 37.1 Å². The Kier molecular flexibility index (Phi) is 3.59. The molecule has 124 valence electrons. The molecule has 0 aliphatic carbocycles. The van der Waals surface area contributed by atoms with E-state index in [2.05, 4.69) is 5.10 Å². The van der Waals surface area contributed by atoms with Crippen molar-refractivity contribution in [2.45, 2.75) is 45.3 Å². The molecule has 3 heterocycles. The average Bonchev–Trinajstić information content (AvgIpc) is 3.11. The number of rotatable bonds is 3. The first-order chi connectivity index (χ1) is 11.6. The summed E-state index contributed by atoms with van der Waals surface area (Å²) >= 11 is 0. The standard InChI is InChI=1S/C18H20N4O2/c1-13-17(23)22(16-11-15-9-5-6-10-21(15)19-16)18(24)20(13)12-14-7-3-2-4-8-14/h2-4,7-8,11,13H,5-6,9-10,12H2,1H3/t13-/m0/s1. The second kappa shape index (κ2) is 5.78. The van der Waals surface area contributed by atoms with Gasteiger partial charge in [-0.2, -0.15) is 5.10 Å². The summed E-state index contributed by atoms with van der Waals surface area (Å²) in [6.45, 7) is 3.06. The van der Waals surface area contributed by atoms with E-state index >= 15 is 0 Å². The Bertz CT molecular complexity index is 760. The predicted octanol–water partition coefficient (Wildman–Crippen LogP) is 2.58. The summed E-state index contributed by atoms with van der Waals surface area (Å²) in [5.41, 5.74) is 2.11. The number of aromatic nitrogens is 2. The number of benzene rings is 1. The SMILES string of the molecule is C[C@H]1C(=O)N(c2cc3n(n2)CCCC3)C(=O)N1Cc1ccccc1. The van der Waals surface area contributed by atoms with Crippen molar-refractivity contribution in [1.29, 1.82) is 0 Å². The van der Waals surface area contributed by atoms with Gasteiger partial charge in [0.25, 0.3) is 5.91 Å². The number of carbonyl (C=O) groups is 2. The van der Waals surface area contributed by atoms with E-state index in [-0.39, 0.29) is 11.9 Å². The summed E-state index contributed by atoms with van der Waals surface area (Å²) in [4.78, 5) is 28.3. The van der Waals surface area contributed by atoms with Gasteiger partial charge in [-0.25, -0.2) is 9.69 Å². The van der Waals surface area contributed by atoms with Crippen LogP contribution in [0.5, 0.6) is 0 Å². The van der Waals surface area contributed by atoms with Gasteiger partial charge < -0.3 is 4.90 Å². The smallest absolute Gasteiger partial charge is 0.308 e. The number of urea groups is 1. The lowest BCUT2D eigenvalue weighted by Crippen LogP contribution is -2.33. The molecule has 24 heavy (non-hydrogen) atoms. The van der Waals surface area contributed by atoms with Crippen LogP contribution in [0.15, 0.2) is 36.4 Å². The number of fused-ring (bicyclic) bond motifs is 1. The third-order valence-electron chi connectivity index (χ3n) is 4.81. The number of hydrogen-bond donors (Lipinski definition) is 0. The molecule has 2 aliphatic rings. The van der Waals surface area contributed by atoms with Crippen molar-refractivity contribution in [2.75, 3.05) is 4.90 Å². The van der Waals surface area contributed by atoms with Gasteiger partial charge >= 0.3 is 6.03 Å². The van der Waals surface area contributed by atoms with E-state index in [1.807, 2.05) is 41.1 Å². The maximum absolute atomic E-state index is 12.8. The molecule has 1 aromatic carbocycles. The monoisotopic (exact) mass is 324 g/mol. The number of imide groups is 1. The van der Waals surface area contributed by atoms with Crippen LogP contribution in [0.25, 0.3) is 0 Å². The third kappa shape index (κ3) is 2.38. The Morgan fingerprint density at radius 2 is 1.96 bits per heavy atom. The van der Waals surface area contributed by atoms with E-state index in [4.69, 9.17) is 0 Å². The summed E-state index contributed by atoms with van der Waals surface area (Å²) < 4.78 is 1.92. The highest BCUT2D eigenvalue weighted by atomic mass is 16.2. The number of amides is 3. The van der Waals surface area contributed by atoms with Crippen molar-refractivity contribution in [3.05, 3.63) is 47.7 Å². The van der Waals surface area contributed by atoms with Crippen LogP contribution in [0.1, 0.15) is 31.0 Å². The molecule has 0 spiro atoms. The van der Waals surface area contributed by atoms with Crippen LogP contribution in [0.4, 0.5) is 10.6 Å². The lowest BCUT2D eigenvalue weighted by molar-refractivity contribution is -0.119. The fraction of sp³-hybridized carbons (Fsp3) is 0.389. The number of hydrogen-bond acceptors (Lipinski definition) is 3. The molecule has 0 radical (unpaired) electrons. The molecule has 2 aliphatic heterocycles. The zero-order chi connectivity index (χ0) is 16.7. The van der Waals surface area contributed by atoms with Crippen LogP contribution in [0.3, 0.4) is 0 Å². The Morgan fingerprint density at radius 3 is 2.71 bits per heavy atom. The topological polar surface area (TPSA) is 58.4 Å². The summed E-state index contributed by atoms with van der Waals surface area (Å²) in [6, 6.07) is 10.8. The number of anilines is 1. The minimum atomic E-state index is -0.476. The first-order valence-corrected chi connectivity index (χ1v) is 8.40. The third-order valence-corrected chi connectivity index (χ3v) is 4.81. The van der Waals surface area contributed by atoms with E-state index in [1.54, 1.807) is 11.8 Å². The van der Waals surface area contributed by atoms with Gasteiger partial charge in [0.1, 0.15) is 6.04 Å². The number of nitrogens with zero attached hydrogens (tertiary/aromatic N) is 4. The lowest BCUT2D eigenvalue weighted by atomic mass is 10.1. The van der Waals surface area contributed by atoms with Crippen molar-refractivity contribution in [3.8, 4) is 0 Å². The molecule has 0 unspecified atom stereocenters. The van der Waals surface area contributed by atoms with Crippen molar-refractivity contribution >= 4 is 17.8 Å². The maximum atomic E-state index is 12.8. The molecule has 3 amide bonds. The Labute approximate surface area is 140 Å². The van der Waals surface area contributed by atoms with Crippen LogP contribution in [0.2, 0.25) is 0 Å². The van der Waals surface area contributed by atoms with Gasteiger partial charge in [0.05, 0.1) is 0 Å². The molecular formula is C18H20N4O2. The molecule has 0 bridgehead atoms. The van der Waals surface area contributed by atoms with Gasteiger partial charge in [-0.1, -0.05) is 30.3 Å². The molecule has 1 aromatic heterocycles. The van der Waals surface area contributed by atoms with Gasteiger partial charge in [-0.3, -0.25) is 9.48 Å². The van der Waals surface area contributed by atoms with Gasteiger partial charge in [0.2, 0.25) is 0 Å². The number of aryl methyl sites for hydroxylation is 2. The van der Waals surface area contributed by atoms with E-state index in [9.17, 15) is 9.59 Å². The second-order valence-electron chi connectivity index (χ2n) is 6.42. The van der Waals surface area contributed by atoms with Gasteiger partial charge in [-0.15, -0.1) is 0 Å². The van der Waals surface area contributed by atoms with E-state index in [0.29, 0.717) is 12.4 Å². The van der Waals surface area contributed by atoms with Gasteiger partial charge in [0, 0.05) is 24.8 Å².